The van der Waals surface area contributed by atoms with Crippen molar-refractivity contribution in [3.63, 3.8) is 0 Å². The molecule has 7 nitrogen and oxygen atoms in total. The molecule has 7 heteroatoms. The summed E-state index contributed by atoms with van der Waals surface area (Å²) in [6.45, 7) is 1.98. The van der Waals surface area contributed by atoms with E-state index in [4.69, 9.17) is 9.47 Å². The zero-order chi connectivity index (χ0) is 23.0. The number of esters is 2. The lowest BCUT2D eigenvalue weighted by molar-refractivity contribution is -0.155. The Balaban J connectivity index is 1.85. The van der Waals surface area contributed by atoms with Crippen molar-refractivity contribution in [2.24, 2.45) is 0 Å². The second-order valence-corrected chi connectivity index (χ2v) is 7.69. The van der Waals surface area contributed by atoms with Crippen LogP contribution in [-0.2, 0) is 32.3 Å². The van der Waals surface area contributed by atoms with Gasteiger partial charge < -0.3 is 25.2 Å². The molecule has 1 aliphatic heterocycles. The number of dihydropyridines is 1. The summed E-state index contributed by atoms with van der Waals surface area (Å²) in [4.78, 5) is 26.5. The van der Waals surface area contributed by atoms with Gasteiger partial charge in [-0.2, -0.15) is 0 Å². The van der Waals surface area contributed by atoms with E-state index >= 15 is 0 Å². The molecule has 0 fully saturated rings. The van der Waals surface area contributed by atoms with Crippen LogP contribution >= 0.6 is 0 Å². The van der Waals surface area contributed by atoms with Crippen molar-refractivity contribution < 1.29 is 24.2 Å². The Morgan fingerprint density at radius 2 is 1.56 bits per heavy atom. The van der Waals surface area contributed by atoms with Crippen LogP contribution in [-0.4, -0.2) is 35.7 Å². The van der Waals surface area contributed by atoms with Gasteiger partial charge in [0, 0.05) is 18.7 Å². The zero-order valence-corrected chi connectivity index (χ0v) is 18.2. The van der Waals surface area contributed by atoms with Gasteiger partial charge in [-0.15, -0.1) is 0 Å². The third-order valence-corrected chi connectivity index (χ3v) is 5.32. The highest BCUT2D eigenvalue weighted by atomic mass is 16.5. The first kappa shape index (κ1) is 23.1. The minimum absolute atomic E-state index is 0.00593. The molecule has 0 saturated heterocycles. The standard InChI is InChI=1S/C25H28N2O5/c1-18(26-2)14-25(24(30)32-17-20-11-7-4-8-12-20)22(13-21(28)15-27-25)23(29)31-16-19-9-5-3-6-10-19/h3-13,15,18,26-28H,14,16-17H2,1-2H3. The maximum atomic E-state index is 13.4. The van der Waals surface area contributed by atoms with Gasteiger partial charge in [-0.25, -0.2) is 9.59 Å². The number of carbonyl (C=O) groups is 2. The fourth-order valence-electron chi connectivity index (χ4n) is 3.45. The first-order chi connectivity index (χ1) is 15.4. The number of carbonyl (C=O) groups excluding carboxylic acids is 2. The van der Waals surface area contributed by atoms with Crippen LogP contribution in [0.4, 0.5) is 0 Å². The molecule has 32 heavy (non-hydrogen) atoms. The Bertz CT molecular complexity index is 988. The van der Waals surface area contributed by atoms with Crippen molar-refractivity contribution in [2.75, 3.05) is 7.05 Å². The third-order valence-electron chi connectivity index (χ3n) is 5.32. The lowest BCUT2D eigenvalue weighted by Crippen LogP contribution is -2.58. The summed E-state index contributed by atoms with van der Waals surface area (Å²) < 4.78 is 11.1. The first-order valence-electron chi connectivity index (χ1n) is 10.4. The molecule has 168 valence electrons. The largest absolute Gasteiger partial charge is 0.506 e. The quantitative estimate of drug-likeness (QED) is 0.520. The molecule has 3 rings (SSSR count). The molecule has 1 aliphatic rings. The summed E-state index contributed by atoms with van der Waals surface area (Å²) >= 11 is 0. The van der Waals surface area contributed by atoms with Gasteiger partial charge in [-0.05, 0) is 31.2 Å². The fourth-order valence-corrected chi connectivity index (χ4v) is 3.45. The number of hydrogen-bond acceptors (Lipinski definition) is 7. The van der Waals surface area contributed by atoms with Crippen LogP contribution < -0.4 is 10.6 Å². The number of benzene rings is 2. The minimum Gasteiger partial charge on any atom is -0.506 e. The predicted molar refractivity (Wildman–Crippen MR) is 120 cm³/mol. The summed E-state index contributed by atoms with van der Waals surface area (Å²) in [5.41, 5.74) is 0.112. The zero-order valence-electron chi connectivity index (χ0n) is 18.2. The van der Waals surface area contributed by atoms with E-state index in [9.17, 15) is 14.7 Å². The molecule has 2 aromatic carbocycles. The van der Waals surface area contributed by atoms with Crippen molar-refractivity contribution in [2.45, 2.75) is 38.1 Å². The molecular formula is C25H28N2O5. The SMILES string of the molecule is CNC(C)CC1(C(=O)OCc2ccccc2)NC=C(O)C=C1C(=O)OCc1ccccc1. The van der Waals surface area contributed by atoms with E-state index in [0.29, 0.717) is 0 Å². The smallest absolute Gasteiger partial charge is 0.337 e. The van der Waals surface area contributed by atoms with E-state index in [1.54, 1.807) is 7.05 Å². The predicted octanol–water partition coefficient (Wildman–Crippen LogP) is 3.14. The number of ether oxygens (including phenoxy) is 2. The van der Waals surface area contributed by atoms with Crippen LogP contribution in [0.2, 0.25) is 0 Å². The van der Waals surface area contributed by atoms with E-state index in [2.05, 4.69) is 10.6 Å². The lowest BCUT2D eigenvalue weighted by atomic mass is 9.81. The van der Waals surface area contributed by atoms with Gasteiger partial charge in [0.25, 0.3) is 0 Å². The van der Waals surface area contributed by atoms with Gasteiger partial charge in [-0.1, -0.05) is 60.7 Å². The van der Waals surface area contributed by atoms with Crippen LogP contribution in [0.25, 0.3) is 0 Å². The molecule has 0 aliphatic carbocycles. The fraction of sp³-hybridized carbons (Fsp3) is 0.280. The topological polar surface area (TPSA) is 96.9 Å². The average Bonchev–Trinajstić information content (AvgIpc) is 2.83. The van der Waals surface area contributed by atoms with Crippen LogP contribution in [0.1, 0.15) is 24.5 Å². The Labute approximate surface area is 187 Å². The maximum absolute atomic E-state index is 13.4. The molecule has 3 N–H and O–H groups in total. The highest BCUT2D eigenvalue weighted by Crippen LogP contribution is 2.31. The van der Waals surface area contributed by atoms with Gasteiger partial charge in [0.05, 0.1) is 5.57 Å². The van der Waals surface area contributed by atoms with E-state index in [-0.39, 0.29) is 37.0 Å². The van der Waals surface area contributed by atoms with Gasteiger partial charge in [0.15, 0.2) is 5.54 Å². The van der Waals surface area contributed by atoms with Gasteiger partial charge in [-0.3, -0.25) is 0 Å². The summed E-state index contributed by atoms with van der Waals surface area (Å²) in [7, 11) is 1.76. The van der Waals surface area contributed by atoms with Crippen molar-refractivity contribution in [3.8, 4) is 0 Å². The van der Waals surface area contributed by atoms with E-state index < -0.39 is 17.5 Å². The molecule has 0 bridgehead atoms. The molecular weight excluding hydrogens is 408 g/mol. The number of nitrogens with one attached hydrogen (secondary N) is 2. The number of allylic oxidation sites excluding steroid dienone is 1. The van der Waals surface area contributed by atoms with E-state index in [1.807, 2.05) is 67.6 Å². The van der Waals surface area contributed by atoms with E-state index in [0.717, 1.165) is 11.1 Å². The average molecular weight is 437 g/mol. The summed E-state index contributed by atoms with van der Waals surface area (Å²) in [6.07, 6.45) is 2.75. The van der Waals surface area contributed by atoms with Crippen molar-refractivity contribution in [3.05, 3.63) is 95.4 Å². The highest BCUT2D eigenvalue weighted by molar-refractivity contribution is 6.02. The number of rotatable bonds is 9. The monoisotopic (exact) mass is 436 g/mol. The lowest BCUT2D eigenvalue weighted by Gasteiger charge is -2.37. The molecule has 0 spiro atoms. The molecule has 0 aromatic heterocycles. The van der Waals surface area contributed by atoms with Crippen molar-refractivity contribution >= 4 is 11.9 Å². The molecule has 0 radical (unpaired) electrons. The summed E-state index contributed by atoms with van der Waals surface area (Å²) in [5.74, 6) is -1.52. The highest BCUT2D eigenvalue weighted by Gasteiger charge is 2.49. The number of hydrogen-bond donors (Lipinski definition) is 3. The Morgan fingerprint density at radius 3 is 2.12 bits per heavy atom. The molecule has 2 aromatic rings. The molecule has 0 amide bonds. The second-order valence-electron chi connectivity index (χ2n) is 7.69. The Hall–Kier alpha value is -3.58. The Morgan fingerprint density at radius 1 is 1.00 bits per heavy atom. The van der Waals surface area contributed by atoms with Crippen LogP contribution in [0.5, 0.6) is 0 Å². The second kappa shape index (κ2) is 10.6. The third kappa shape index (κ3) is 5.56. The van der Waals surface area contributed by atoms with Gasteiger partial charge in [0.2, 0.25) is 0 Å². The number of aliphatic hydroxyl groups is 1. The van der Waals surface area contributed by atoms with Crippen LogP contribution in [0, 0.1) is 0 Å². The van der Waals surface area contributed by atoms with Crippen LogP contribution in [0.15, 0.2) is 84.3 Å². The minimum atomic E-state index is -1.52. The normalized spacial score (nSPS) is 18.6. The summed E-state index contributed by atoms with van der Waals surface area (Å²) in [6, 6.07) is 18.4. The van der Waals surface area contributed by atoms with Crippen LogP contribution in [0.3, 0.4) is 0 Å². The van der Waals surface area contributed by atoms with E-state index in [1.165, 1.54) is 12.3 Å². The van der Waals surface area contributed by atoms with Crippen molar-refractivity contribution in [1.82, 2.24) is 10.6 Å². The molecule has 2 atom stereocenters. The summed E-state index contributed by atoms with van der Waals surface area (Å²) in [5, 5.41) is 16.1. The number of aliphatic hydroxyl groups excluding tert-OH is 1. The maximum Gasteiger partial charge on any atom is 0.337 e. The molecule has 0 saturated carbocycles. The Kier molecular flexibility index (Phi) is 7.68. The van der Waals surface area contributed by atoms with Crippen molar-refractivity contribution in [1.29, 1.82) is 0 Å². The molecule has 1 heterocycles. The van der Waals surface area contributed by atoms with Gasteiger partial charge in [0.1, 0.15) is 19.0 Å². The van der Waals surface area contributed by atoms with Gasteiger partial charge >= 0.3 is 11.9 Å². The first-order valence-corrected chi connectivity index (χ1v) is 10.4. The molecule has 2 unspecified atom stereocenters.